The molecule has 0 fully saturated rings. The van der Waals surface area contributed by atoms with Crippen LogP contribution in [-0.4, -0.2) is 18.2 Å². The largest absolute Gasteiger partial charge is 0.384 e. The molecule has 0 atom stereocenters. The fourth-order valence-corrected chi connectivity index (χ4v) is 6.51. The van der Waals surface area contributed by atoms with E-state index in [9.17, 15) is 0 Å². The Morgan fingerprint density at radius 3 is 1.06 bits per heavy atom. The van der Waals surface area contributed by atoms with Crippen LogP contribution >= 0.6 is 0 Å². The summed E-state index contributed by atoms with van der Waals surface area (Å²) in [6.45, 7) is 13.2. The van der Waals surface area contributed by atoms with Crippen LogP contribution in [0.15, 0.2) is 237 Å². The van der Waals surface area contributed by atoms with E-state index in [4.69, 9.17) is 39.5 Å². The van der Waals surface area contributed by atoms with Gasteiger partial charge in [0, 0.05) is 30.8 Å². The van der Waals surface area contributed by atoms with Gasteiger partial charge in [-0.1, -0.05) is 232 Å². The zero-order valence-electron chi connectivity index (χ0n) is 40.1. The van der Waals surface area contributed by atoms with E-state index in [1.807, 2.05) is 92.7 Å². The predicted octanol–water partition coefficient (Wildman–Crippen LogP) is 13.3. The SMILES string of the molecule is C=C/C=C(\CN)C(=N)N.CC.Cc1cccc(-c2cccc(-c3cccc(-c4cccc(-c5cccc(CN)c5)c4)c3)c2)c1.Cc1ccccc1.N=C(N)c1ccccc1.NCc1ccccc1. The molecule has 0 aliphatic rings. The van der Waals surface area contributed by atoms with E-state index in [1.54, 1.807) is 12.2 Å². The fourth-order valence-electron chi connectivity index (χ4n) is 6.51. The Kier molecular flexibility index (Phi) is 24.8. The quantitative estimate of drug-likeness (QED) is 0.0410. The second-order valence-electron chi connectivity index (χ2n) is 15.2. The molecule has 0 saturated heterocycles. The minimum atomic E-state index is 0.0115. The zero-order chi connectivity index (χ0) is 49.5. The van der Waals surface area contributed by atoms with Gasteiger partial charge in [0.15, 0.2) is 0 Å². The average molecular weight is 900 g/mol. The number of hydrogen-bond donors (Lipinski definition) is 7. The second kappa shape index (κ2) is 31.1. The third-order valence-corrected chi connectivity index (χ3v) is 10.1. The lowest BCUT2D eigenvalue weighted by Gasteiger charge is -2.10. The number of nitrogens with two attached hydrogens (primary N) is 5. The van der Waals surface area contributed by atoms with Gasteiger partial charge in [0.2, 0.25) is 0 Å². The van der Waals surface area contributed by atoms with E-state index in [0.29, 0.717) is 25.2 Å². The molecule has 0 radical (unpaired) electrons. The van der Waals surface area contributed by atoms with E-state index in [0.717, 1.165) is 11.1 Å². The highest BCUT2D eigenvalue weighted by molar-refractivity contribution is 5.95. The summed E-state index contributed by atoms with van der Waals surface area (Å²) in [5, 5.41) is 13.9. The molecule has 0 aliphatic carbocycles. The molecule has 7 heteroatoms. The molecule has 0 aromatic heterocycles. The Bertz CT molecular complexity index is 2740. The first kappa shape index (κ1) is 54.4. The Balaban J connectivity index is 0.000000281. The third kappa shape index (κ3) is 19.3. The highest BCUT2D eigenvalue weighted by Crippen LogP contribution is 2.32. The maximum Gasteiger partial charge on any atom is 0.122 e. The van der Waals surface area contributed by atoms with Gasteiger partial charge >= 0.3 is 0 Å². The summed E-state index contributed by atoms with van der Waals surface area (Å²) in [7, 11) is 0. The molecule has 12 N–H and O–H groups in total. The minimum absolute atomic E-state index is 0.0115. The molecule has 0 saturated carbocycles. The first-order valence-electron chi connectivity index (χ1n) is 22.7. The van der Waals surface area contributed by atoms with Gasteiger partial charge in [0.05, 0.1) is 0 Å². The van der Waals surface area contributed by atoms with Crippen LogP contribution in [0.1, 0.15) is 41.7 Å². The highest BCUT2D eigenvalue weighted by Gasteiger charge is 2.07. The summed E-state index contributed by atoms with van der Waals surface area (Å²) in [6, 6.07) is 72.9. The van der Waals surface area contributed by atoms with Crippen molar-refractivity contribution in [2.45, 2.75) is 40.8 Å². The van der Waals surface area contributed by atoms with Crippen molar-refractivity contribution in [1.29, 1.82) is 10.8 Å². The van der Waals surface area contributed by atoms with Gasteiger partial charge in [0.1, 0.15) is 11.7 Å². The molecule has 0 amide bonds. The Labute approximate surface area is 405 Å². The monoisotopic (exact) mass is 900 g/mol. The summed E-state index contributed by atoms with van der Waals surface area (Å²) in [4.78, 5) is 0. The molecule has 0 aliphatic heterocycles. The van der Waals surface area contributed by atoms with Crippen molar-refractivity contribution >= 4 is 11.7 Å². The van der Waals surface area contributed by atoms with Gasteiger partial charge in [-0.05, 0) is 93.7 Å². The number of amidine groups is 2. The van der Waals surface area contributed by atoms with Crippen molar-refractivity contribution in [2.75, 3.05) is 6.54 Å². The number of hydrogen-bond acceptors (Lipinski definition) is 5. The van der Waals surface area contributed by atoms with E-state index in [1.165, 1.54) is 61.2 Å². The third-order valence-electron chi connectivity index (χ3n) is 10.1. The van der Waals surface area contributed by atoms with Crippen LogP contribution in [0.4, 0.5) is 0 Å². The lowest BCUT2D eigenvalue weighted by molar-refractivity contribution is 1.07. The molecule has 0 unspecified atom stereocenters. The van der Waals surface area contributed by atoms with Crippen LogP contribution in [0.25, 0.3) is 44.5 Å². The molecular weight excluding hydrogens is 831 g/mol. The van der Waals surface area contributed by atoms with Crippen LogP contribution in [0.5, 0.6) is 0 Å². The van der Waals surface area contributed by atoms with Gasteiger partial charge in [-0.3, -0.25) is 10.8 Å². The van der Waals surface area contributed by atoms with Crippen molar-refractivity contribution in [2.24, 2.45) is 28.7 Å². The first-order chi connectivity index (χ1) is 33.0. The number of allylic oxidation sites excluding steroid dienone is 2. The van der Waals surface area contributed by atoms with Crippen LogP contribution in [0.2, 0.25) is 0 Å². The Morgan fingerprint density at radius 2 is 0.765 bits per heavy atom. The average Bonchev–Trinajstić information content (AvgIpc) is 3.40. The fraction of sp³-hybridized carbons (Fsp3) is 0.115. The second-order valence-corrected chi connectivity index (χ2v) is 15.2. The molecule has 8 aromatic carbocycles. The van der Waals surface area contributed by atoms with E-state index in [2.05, 4.69) is 154 Å². The van der Waals surface area contributed by atoms with Crippen molar-refractivity contribution < 1.29 is 0 Å². The van der Waals surface area contributed by atoms with Gasteiger partial charge in [-0.15, -0.1) is 0 Å². The standard InChI is InChI=1S/C32H27N.C7H8N2.C7H9N.C7H8.C6H11N3.C2H6/c1-23-7-2-9-25(17-23)27-11-4-13-29(19-27)31-15-6-16-32(21-31)30-14-5-12-28(20-30)26-10-3-8-24(18-26)22-33;8-7(9)6-4-2-1-3-5-6;8-6-7-4-2-1-3-5-7;1-7-5-3-2-4-6-7;1-2-3-5(4-7)6(8)9;1-2/h2-21H,22,33H2,1H3;1-5H,(H3,8,9);1-5H,6,8H2;2-6H,1H3;2-3H,1,4,7H2,(H3,8,9);1-2H3/b;;;;5-3+;. The Hall–Kier alpha value is -7.94. The van der Waals surface area contributed by atoms with E-state index >= 15 is 0 Å². The zero-order valence-corrected chi connectivity index (χ0v) is 40.1. The first-order valence-corrected chi connectivity index (χ1v) is 22.7. The Morgan fingerprint density at radius 1 is 0.426 bits per heavy atom. The normalized spacial score (nSPS) is 9.96. The summed E-state index contributed by atoms with van der Waals surface area (Å²) in [6.07, 6.45) is 3.19. The predicted molar refractivity (Wildman–Crippen MR) is 294 cm³/mol. The maximum atomic E-state index is 7.01. The highest BCUT2D eigenvalue weighted by atomic mass is 14.7. The maximum absolute atomic E-state index is 7.01. The number of rotatable bonds is 10. The lowest BCUT2D eigenvalue weighted by Crippen LogP contribution is -2.19. The smallest absolute Gasteiger partial charge is 0.122 e. The molecule has 0 bridgehead atoms. The van der Waals surface area contributed by atoms with E-state index < -0.39 is 0 Å². The van der Waals surface area contributed by atoms with Crippen molar-refractivity contribution in [3.63, 3.8) is 0 Å². The summed E-state index contributed by atoms with van der Waals surface area (Å²) in [5.74, 6) is 0.132. The van der Waals surface area contributed by atoms with Crippen molar-refractivity contribution in [3.8, 4) is 44.5 Å². The van der Waals surface area contributed by atoms with Crippen molar-refractivity contribution in [1.82, 2.24) is 0 Å². The molecule has 68 heavy (non-hydrogen) atoms. The molecule has 7 nitrogen and oxygen atoms in total. The van der Waals surface area contributed by atoms with Crippen LogP contribution < -0.4 is 28.7 Å². The topological polar surface area (TPSA) is 178 Å². The molecule has 8 rings (SSSR count). The van der Waals surface area contributed by atoms with Gasteiger partial charge in [-0.2, -0.15) is 0 Å². The molecular formula is C61H69N7. The van der Waals surface area contributed by atoms with Gasteiger partial charge in [0.25, 0.3) is 0 Å². The van der Waals surface area contributed by atoms with Gasteiger partial charge < -0.3 is 28.7 Å². The molecule has 8 aromatic rings. The van der Waals surface area contributed by atoms with Crippen LogP contribution in [-0.2, 0) is 13.1 Å². The minimum Gasteiger partial charge on any atom is -0.384 e. The van der Waals surface area contributed by atoms with Gasteiger partial charge in [-0.25, -0.2) is 0 Å². The lowest BCUT2D eigenvalue weighted by atomic mass is 9.94. The van der Waals surface area contributed by atoms with Crippen LogP contribution in [0.3, 0.4) is 0 Å². The number of nitrogens with one attached hydrogen (secondary N) is 2. The number of aryl methyl sites for hydroxylation is 2. The summed E-state index contributed by atoms with van der Waals surface area (Å²) >= 11 is 0. The molecule has 0 spiro atoms. The number of benzene rings is 8. The summed E-state index contributed by atoms with van der Waals surface area (Å²) in [5.41, 5.74) is 42.8. The van der Waals surface area contributed by atoms with Crippen LogP contribution in [0, 0.1) is 24.7 Å². The summed E-state index contributed by atoms with van der Waals surface area (Å²) < 4.78 is 0. The molecule has 0 heterocycles. The number of nitrogen functional groups attached to an aromatic ring is 1. The van der Waals surface area contributed by atoms with E-state index in [-0.39, 0.29) is 11.7 Å². The molecule has 348 valence electrons. The van der Waals surface area contributed by atoms with Crippen molar-refractivity contribution in [3.05, 3.63) is 264 Å².